The molecular formula is C19H18ClN3O3S. The molecule has 0 radical (unpaired) electrons. The first-order chi connectivity index (χ1) is 12.9. The summed E-state index contributed by atoms with van der Waals surface area (Å²) < 4.78 is 33.4. The van der Waals surface area contributed by atoms with Gasteiger partial charge >= 0.3 is 0 Å². The maximum Gasteiger partial charge on any atom is 0.243 e. The first kappa shape index (κ1) is 18.2. The Hall–Kier alpha value is -2.22. The van der Waals surface area contributed by atoms with Crippen LogP contribution in [0.5, 0.6) is 5.75 Å². The fraction of sp³-hybridized carbons (Fsp3) is 0.263. The van der Waals surface area contributed by atoms with Crippen LogP contribution >= 0.6 is 11.6 Å². The van der Waals surface area contributed by atoms with Crippen LogP contribution in [0.2, 0.25) is 5.15 Å². The smallest absolute Gasteiger partial charge is 0.243 e. The number of fused-ring (bicyclic) bond motifs is 1. The van der Waals surface area contributed by atoms with E-state index in [0.717, 1.165) is 10.9 Å². The van der Waals surface area contributed by atoms with E-state index in [-0.39, 0.29) is 11.0 Å². The number of sulfonamides is 1. The van der Waals surface area contributed by atoms with Crippen molar-refractivity contribution in [3.8, 4) is 5.75 Å². The predicted octanol–water partition coefficient (Wildman–Crippen LogP) is 3.43. The topological polar surface area (TPSA) is 72.4 Å². The van der Waals surface area contributed by atoms with Crippen molar-refractivity contribution in [3.63, 3.8) is 0 Å². The molecular weight excluding hydrogens is 386 g/mol. The van der Waals surface area contributed by atoms with Crippen LogP contribution in [0.25, 0.3) is 10.9 Å². The maximum atomic E-state index is 13.0. The minimum atomic E-state index is -3.60. The van der Waals surface area contributed by atoms with Gasteiger partial charge in [0.25, 0.3) is 0 Å². The molecule has 8 heteroatoms. The van der Waals surface area contributed by atoms with E-state index < -0.39 is 10.0 Å². The van der Waals surface area contributed by atoms with Gasteiger partial charge in [-0.25, -0.2) is 13.4 Å². The van der Waals surface area contributed by atoms with Crippen LogP contribution < -0.4 is 4.74 Å². The van der Waals surface area contributed by atoms with Crippen LogP contribution in [0.15, 0.2) is 53.7 Å². The minimum absolute atomic E-state index is 0.176. The highest BCUT2D eigenvalue weighted by Crippen LogP contribution is 2.27. The lowest BCUT2D eigenvalue weighted by molar-refractivity contribution is 0.215. The Balaban J connectivity index is 1.56. The quantitative estimate of drug-likeness (QED) is 0.624. The third-order valence-corrected chi connectivity index (χ3v) is 6.86. The summed E-state index contributed by atoms with van der Waals surface area (Å²) in [5, 5.41) is 1.18. The predicted molar refractivity (Wildman–Crippen MR) is 104 cm³/mol. The van der Waals surface area contributed by atoms with Gasteiger partial charge in [-0.2, -0.15) is 4.31 Å². The molecule has 1 atom stereocenters. The van der Waals surface area contributed by atoms with Crippen LogP contribution in [-0.2, 0) is 10.0 Å². The number of rotatable bonds is 4. The summed E-state index contributed by atoms with van der Waals surface area (Å²) in [6.45, 7) is 2.59. The zero-order valence-corrected chi connectivity index (χ0v) is 16.2. The van der Waals surface area contributed by atoms with E-state index in [0.29, 0.717) is 35.9 Å². The van der Waals surface area contributed by atoms with Gasteiger partial charge in [0.15, 0.2) is 0 Å². The lowest BCUT2D eigenvalue weighted by Gasteiger charge is -2.17. The van der Waals surface area contributed by atoms with Crippen molar-refractivity contribution in [2.45, 2.75) is 24.3 Å². The number of pyridine rings is 2. The number of aryl methyl sites for hydroxylation is 1. The normalized spacial score (nSPS) is 18.1. The largest absolute Gasteiger partial charge is 0.489 e. The molecule has 3 heterocycles. The van der Waals surface area contributed by atoms with Gasteiger partial charge in [-0.3, -0.25) is 4.98 Å². The van der Waals surface area contributed by atoms with Crippen LogP contribution in [0.1, 0.15) is 12.0 Å². The summed E-state index contributed by atoms with van der Waals surface area (Å²) in [5.74, 6) is 0.693. The third kappa shape index (κ3) is 3.63. The van der Waals surface area contributed by atoms with Crippen molar-refractivity contribution in [2.75, 3.05) is 13.1 Å². The van der Waals surface area contributed by atoms with Crippen molar-refractivity contribution in [3.05, 3.63) is 59.5 Å². The first-order valence-electron chi connectivity index (χ1n) is 8.57. The molecule has 0 amide bonds. The Bertz CT molecular complexity index is 1090. The van der Waals surface area contributed by atoms with Crippen molar-refractivity contribution in [1.29, 1.82) is 0 Å². The highest BCUT2D eigenvalue weighted by Gasteiger charge is 2.33. The van der Waals surface area contributed by atoms with Crippen LogP contribution in [-0.4, -0.2) is 41.9 Å². The van der Waals surface area contributed by atoms with E-state index in [1.807, 2.05) is 13.0 Å². The number of nitrogens with zero attached hydrogens (tertiary/aromatic N) is 3. The van der Waals surface area contributed by atoms with Gasteiger partial charge in [0.1, 0.15) is 17.0 Å². The average Bonchev–Trinajstić information content (AvgIpc) is 3.12. The average molecular weight is 404 g/mol. The molecule has 4 rings (SSSR count). The number of ether oxygens (including phenoxy) is 1. The van der Waals surface area contributed by atoms with E-state index in [1.54, 1.807) is 42.7 Å². The Morgan fingerprint density at radius 2 is 1.96 bits per heavy atom. The van der Waals surface area contributed by atoms with Gasteiger partial charge in [-0.1, -0.05) is 11.6 Å². The molecule has 27 heavy (non-hydrogen) atoms. The van der Waals surface area contributed by atoms with Crippen molar-refractivity contribution >= 4 is 32.5 Å². The van der Waals surface area contributed by atoms with Gasteiger partial charge < -0.3 is 4.74 Å². The fourth-order valence-corrected chi connectivity index (χ4v) is 4.84. The summed E-state index contributed by atoms with van der Waals surface area (Å²) in [6, 6.07) is 10.3. The van der Waals surface area contributed by atoms with Crippen molar-refractivity contribution in [2.24, 2.45) is 0 Å². The van der Waals surface area contributed by atoms with Crippen molar-refractivity contribution in [1.82, 2.24) is 14.3 Å². The summed E-state index contributed by atoms with van der Waals surface area (Å²) in [6.07, 6.45) is 3.77. The van der Waals surface area contributed by atoms with Gasteiger partial charge in [0.05, 0.1) is 17.0 Å². The summed E-state index contributed by atoms with van der Waals surface area (Å²) in [7, 11) is -3.60. The molecule has 1 fully saturated rings. The van der Waals surface area contributed by atoms with Gasteiger partial charge in [-0.05, 0) is 55.3 Å². The Labute approximate surface area is 162 Å². The summed E-state index contributed by atoms with van der Waals surface area (Å²) in [4.78, 5) is 8.49. The second kappa shape index (κ2) is 7.07. The number of hydrogen-bond donors (Lipinski definition) is 0. The Kier molecular flexibility index (Phi) is 4.75. The van der Waals surface area contributed by atoms with E-state index in [2.05, 4.69) is 9.97 Å². The number of benzene rings is 1. The number of aromatic nitrogens is 2. The zero-order valence-electron chi connectivity index (χ0n) is 14.7. The van der Waals surface area contributed by atoms with Crippen LogP contribution in [0.4, 0.5) is 0 Å². The minimum Gasteiger partial charge on any atom is -0.489 e. The third-order valence-electron chi connectivity index (χ3n) is 4.61. The molecule has 0 aliphatic carbocycles. The summed E-state index contributed by atoms with van der Waals surface area (Å²) >= 11 is 6.05. The maximum absolute atomic E-state index is 13.0. The SMILES string of the molecule is Cc1cc2cc(S(=O)(=O)N3CC[C@@H](Oc4ccncc4)C3)ccc2nc1Cl. The van der Waals surface area contributed by atoms with Crippen LogP contribution in [0, 0.1) is 6.92 Å². The lowest BCUT2D eigenvalue weighted by atomic mass is 10.2. The molecule has 3 aromatic rings. The highest BCUT2D eigenvalue weighted by atomic mass is 35.5. The second-order valence-corrected chi connectivity index (χ2v) is 8.82. The molecule has 0 unspecified atom stereocenters. The van der Waals surface area contributed by atoms with Gasteiger partial charge in [-0.15, -0.1) is 0 Å². The lowest BCUT2D eigenvalue weighted by Crippen LogP contribution is -2.31. The molecule has 1 aliphatic heterocycles. The molecule has 1 aliphatic rings. The van der Waals surface area contributed by atoms with Gasteiger partial charge in [0, 0.05) is 24.3 Å². The molecule has 0 spiro atoms. The molecule has 0 N–H and O–H groups in total. The molecule has 1 saturated heterocycles. The standard InChI is InChI=1S/C19H18ClN3O3S/c1-13-10-14-11-17(2-3-18(14)22-19(13)20)27(24,25)23-9-6-16(12-23)26-15-4-7-21-8-5-15/h2-5,7-8,10-11,16H,6,9,12H2,1H3/t16-/m1/s1. The number of hydrogen-bond acceptors (Lipinski definition) is 5. The molecule has 0 bridgehead atoms. The highest BCUT2D eigenvalue weighted by molar-refractivity contribution is 7.89. The van der Waals surface area contributed by atoms with E-state index in [1.165, 1.54) is 4.31 Å². The first-order valence-corrected chi connectivity index (χ1v) is 10.4. The molecule has 6 nitrogen and oxygen atoms in total. The Morgan fingerprint density at radius 1 is 1.19 bits per heavy atom. The number of halogens is 1. The van der Waals surface area contributed by atoms with E-state index in [9.17, 15) is 8.42 Å². The summed E-state index contributed by atoms with van der Waals surface area (Å²) in [5.41, 5.74) is 1.48. The van der Waals surface area contributed by atoms with Crippen molar-refractivity contribution < 1.29 is 13.2 Å². The molecule has 2 aromatic heterocycles. The van der Waals surface area contributed by atoms with E-state index >= 15 is 0 Å². The van der Waals surface area contributed by atoms with E-state index in [4.69, 9.17) is 16.3 Å². The zero-order chi connectivity index (χ0) is 19.0. The van der Waals surface area contributed by atoms with Gasteiger partial charge in [0.2, 0.25) is 10.0 Å². The molecule has 1 aromatic carbocycles. The molecule has 140 valence electrons. The second-order valence-electron chi connectivity index (χ2n) is 6.53. The van der Waals surface area contributed by atoms with Crippen LogP contribution in [0.3, 0.4) is 0 Å². The monoisotopic (exact) mass is 403 g/mol. The fourth-order valence-electron chi connectivity index (χ4n) is 3.17. The molecule has 0 saturated carbocycles. The Morgan fingerprint density at radius 3 is 2.74 bits per heavy atom.